The van der Waals surface area contributed by atoms with Gasteiger partial charge in [-0.2, -0.15) is 0 Å². The first-order valence-electron chi connectivity index (χ1n) is 9.11. The van der Waals surface area contributed by atoms with Gasteiger partial charge in [0.25, 0.3) is 5.91 Å². The number of amides is 1. The molecule has 4 rings (SSSR count). The molecule has 1 atom stereocenters. The number of phenols is 1. The van der Waals surface area contributed by atoms with Crippen LogP contribution < -0.4 is 4.90 Å². The van der Waals surface area contributed by atoms with Gasteiger partial charge in [-0.25, -0.2) is 0 Å². The third-order valence-electron chi connectivity index (χ3n) is 4.93. The van der Waals surface area contributed by atoms with Crippen molar-refractivity contribution in [3.05, 3.63) is 93.5 Å². The summed E-state index contributed by atoms with van der Waals surface area (Å²) < 4.78 is 0. The molecule has 0 saturated carbocycles. The summed E-state index contributed by atoms with van der Waals surface area (Å²) in [7, 11) is 1.75. The van der Waals surface area contributed by atoms with E-state index in [0.717, 1.165) is 22.4 Å². The van der Waals surface area contributed by atoms with Crippen molar-refractivity contribution in [2.45, 2.75) is 12.5 Å². The highest BCUT2D eigenvalue weighted by Crippen LogP contribution is 2.31. The van der Waals surface area contributed by atoms with Crippen LogP contribution in [0.2, 0.25) is 10.0 Å². The third-order valence-corrected chi connectivity index (χ3v) is 5.40. The van der Waals surface area contributed by atoms with Crippen molar-refractivity contribution in [2.75, 3.05) is 11.9 Å². The first-order chi connectivity index (χ1) is 13.9. The lowest BCUT2D eigenvalue weighted by Crippen LogP contribution is -2.36. The predicted molar refractivity (Wildman–Crippen MR) is 118 cm³/mol. The summed E-state index contributed by atoms with van der Waals surface area (Å²) in [6.45, 7) is 0. The van der Waals surface area contributed by atoms with Gasteiger partial charge in [0.2, 0.25) is 0 Å². The Morgan fingerprint density at radius 1 is 1.00 bits per heavy atom. The standard InChI is InChI=1S/C23H18Cl2N2O2/c1-27-21-10-7-17(25)13-19(21)22(15-5-8-18(28)9-6-15)26-20(23(27)29)12-14-3-2-4-16(24)11-14/h2-11,13,20,28H,12H2,1H3. The van der Waals surface area contributed by atoms with Crippen LogP contribution in [0.4, 0.5) is 5.69 Å². The molecular weight excluding hydrogens is 407 g/mol. The number of halogens is 2. The number of aliphatic imine (C=N–C) groups is 1. The molecule has 0 aromatic heterocycles. The SMILES string of the molecule is CN1C(=O)C(Cc2cccc(Cl)c2)N=C(c2ccc(O)cc2)c2cc(Cl)ccc21. The van der Waals surface area contributed by atoms with E-state index in [1.807, 2.05) is 30.3 Å². The minimum atomic E-state index is -0.617. The number of anilines is 1. The fourth-order valence-corrected chi connectivity index (χ4v) is 3.87. The lowest BCUT2D eigenvalue weighted by atomic mass is 10.00. The number of carbonyl (C=O) groups is 1. The van der Waals surface area contributed by atoms with Gasteiger partial charge in [-0.3, -0.25) is 9.79 Å². The van der Waals surface area contributed by atoms with Crippen molar-refractivity contribution in [2.24, 2.45) is 4.99 Å². The molecule has 1 heterocycles. The number of fused-ring (bicyclic) bond motifs is 1. The predicted octanol–water partition coefficient (Wildman–Crippen LogP) is 5.12. The Morgan fingerprint density at radius 3 is 2.45 bits per heavy atom. The first kappa shape index (κ1) is 19.5. The van der Waals surface area contributed by atoms with Crippen LogP contribution in [0.3, 0.4) is 0 Å². The van der Waals surface area contributed by atoms with Crippen molar-refractivity contribution in [1.82, 2.24) is 0 Å². The zero-order valence-corrected chi connectivity index (χ0v) is 17.2. The van der Waals surface area contributed by atoms with Crippen molar-refractivity contribution >= 4 is 40.5 Å². The van der Waals surface area contributed by atoms with Gasteiger partial charge in [-0.15, -0.1) is 0 Å². The van der Waals surface area contributed by atoms with Gasteiger partial charge >= 0.3 is 0 Å². The monoisotopic (exact) mass is 424 g/mol. The summed E-state index contributed by atoms with van der Waals surface area (Å²) in [6.07, 6.45) is 0.424. The first-order valence-corrected chi connectivity index (χ1v) is 9.87. The van der Waals surface area contributed by atoms with Crippen LogP contribution in [0.25, 0.3) is 0 Å². The molecule has 1 N–H and O–H groups in total. The summed E-state index contributed by atoms with van der Waals surface area (Å²) in [4.78, 5) is 19.7. The number of benzene rings is 3. The number of carbonyl (C=O) groups excluding carboxylic acids is 1. The number of nitrogens with zero attached hydrogens (tertiary/aromatic N) is 2. The highest BCUT2D eigenvalue weighted by atomic mass is 35.5. The number of likely N-dealkylation sites (N-methyl/N-ethyl adjacent to an activating group) is 1. The average molecular weight is 425 g/mol. The van der Waals surface area contributed by atoms with Gasteiger partial charge in [-0.05, 0) is 60.2 Å². The second-order valence-electron chi connectivity index (χ2n) is 6.93. The Hall–Kier alpha value is -2.82. The van der Waals surface area contributed by atoms with Crippen LogP contribution in [0.5, 0.6) is 5.75 Å². The van der Waals surface area contributed by atoms with E-state index in [2.05, 4.69) is 0 Å². The molecule has 146 valence electrons. The van der Waals surface area contributed by atoms with E-state index in [0.29, 0.717) is 22.2 Å². The molecule has 0 spiro atoms. The summed E-state index contributed by atoms with van der Waals surface area (Å²) >= 11 is 12.4. The van der Waals surface area contributed by atoms with E-state index in [-0.39, 0.29) is 11.7 Å². The average Bonchev–Trinajstić information content (AvgIpc) is 2.79. The van der Waals surface area contributed by atoms with Crippen LogP contribution >= 0.6 is 23.2 Å². The lowest BCUT2D eigenvalue weighted by molar-refractivity contribution is -0.119. The molecule has 4 nitrogen and oxygen atoms in total. The quantitative estimate of drug-likeness (QED) is 0.633. The zero-order valence-electron chi connectivity index (χ0n) is 15.6. The van der Waals surface area contributed by atoms with Gasteiger partial charge in [-0.1, -0.05) is 35.3 Å². The molecule has 0 fully saturated rings. The number of rotatable bonds is 3. The zero-order chi connectivity index (χ0) is 20.5. The molecule has 6 heteroatoms. The van der Waals surface area contributed by atoms with E-state index in [1.165, 1.54) is 0 Å². The second kappa shape index (κ2) is 7.90. The molecule has 1 aliphatic rings. The Bertz CT molecular complexity index is 1110. The van der Waals surface area contributed by atoms with Crippen molar-refractivity contribution in [1.29, 1.82) is 0 Å². The van der Waals surface area contributed by atoms with Gasteiger partial charge in [0, 0.05) is 34.6 Å². The summed E-state index contributed by atoms with van der Waals surface area (Å²) in [5, 5.41) is 10.9. The Balaban J connectivity index is 1.86. The Kier molecular flexibility index (Phi) is 5.31. The fourth-order valence-electron chi connectivity index (χ4n) is 3.48. The molecule has 0 bridgehead atoms. The maximum Gasteiger partial charge on any atom is 0.251 e. The normalized spacial score (nSPS) is 16.2. The molecular formula is C23H18Cl2N2O2. The van der Waals surface area contributed by atoms with Crippen LogP contribution in [-0.2, 0) is 11.2 Å². The number of hydrogen-bond acceptors (Lipinski definition) is 3. The highest BCUT2D eigenvalue weighted by molar-refractivity contribution is 6.32. The minimum Gasteiger partial charge on any atom is -0.508 e. The van der Waals surface area contributed by atoms with Crippen LogP contribution in [0.15, 0.2) is 71.7 Å². The van der Waals surface area contributed by atoms with E-state index >= 15 is 0 Å². The van der Waals surface area contributed by atoms with Gasteiger partial charge < -0.3 is 10.0 Å². The molecule has 3 aromatic rings. The maximum absolute atomic E-state index is 13.2. The van der Waals surface area contributed by atoms with Gasteiger partial charge in [0.05, 0.1) is 11.4 Å². The van der Waals surface area contributed by atoms with E-state index in [9.17, 15) is 9.90 Å². The molecule has 1 unspecified atom stereocenters. The number of hydrogen-bond donors (Lipinski definition) is 1. The number of aromatic hydroxyl groups is 1. The van der Waals surface area contributed by atoms with E-state index < -0.39 is 6.04 Å². The van der Waals surface area contributed by atoms with E-state index in [1.54, 1.807) is 48.3 Å². The third kappa shape index (κ3) is 4.00. The summed E-state index contributed by atoms with van der Waals surface area (Å²) in [5.74, 6) is 0.0558. The minimum absolute atomic E-state index is 0.109. The molecule has 0 radical (unpaired) electrons. The molecule has 29 heavy (non-hydrogen) atoms. The van der Waals surface area contributed by atoms with Gasteiger partial charge in [0.1, 0.15) is 11.8 Å². The number of phenolic OH excluding ortho intramolecular Hbond substituents is 1. The largest absolute Gasteiger partial charge is 0.508 e. The molecule has 3 aromatic carbocycles. The summed E-state index contributed by atoms with van der Waals surface area (Å²) in [6, 6.07) is 19.0. The van der Waals surface area contributed by atoms with E-state index in [4.69, 9.17) is 28.2 Å². The smallest absolute Gasteiger partial charge is 0.251 e. The molecule has 0 aliphatic carbocycles. The van der Waals surface area contributed by atoms with Crippen molar-refractivity contribution < 1.29 is 9.90 Å². The lowest BCUT2D eigenvalue weighted by Gasteiger charge is -2.20. The van der Waals surface area contributed by atoms with Crippen molar-refractivity contribution in [3.63, 3.8) is 0 Å². The maximum atomic E-state index is 13.2. The van der Waals surface area contributed by atoms with Crippen LogP contribution in [0.1, 0.15) is 16.7 Å². The fraction of sp³-hybridized carbons (Fsp3) is 0.130. The topological polar surface area (TPSA) is 52.9 Å². The Labute approximate surface area is 179 Å². The van der Waals surface area contributed by atoms with Gasteiger partial charge in [0.15, 0.2) is 0 Å². The number of benzodiazepines with no additional fused rings is 1. The van der Waals surface area contributed by atoms with Crippen LogP contribution in [0, 0.1) is 0 Å². The van der Waals surface area contributed by atoms with Crippen LogP contribution in [-0.4, -0.2) is 29.8 Å². The molecule has 1 aliphatic heterocycles. The van der Waals surface area contributed by atoms with Crippen molar-refractivity contribution in [3.8, 4) is 5.75 Å². The molecule has 0 saturated heterocycles. The Morgan fingerprint density at radius 2 is 1.72 bits per heavy atom. The highest BCUT2D eigenvalue weighted by Gasteiger charge is 2.30. The summed E-state index contributed by atoms with van der Waals surface area (Å²) in [5.41, 5.74) is 3.90. The molecule has 1 amide bonds. The second-order valence-corrected chi connectivity index (χ2v) is 7.81.